The van der Waals surface area contributed by atoms with E-state index in [4.69, 9.17) is 4.74 Å². The lowest BCUT2D eigenvalue weighted by molar-refractivity contribution is 0.409. The minimum absolute atomic E-state index is 0.681. The molecule has 0 aliphatic carbocycles. The largest absolute Gasteiger partial charge is 0.496 e. The smallest absolute Gasteiger partial charge is 0.191 e. The number of halogens is 1. The Hall–Kier alpha value is -1.28. The molecule has 1 aromatic heterocycles. The summed E-state index contributed by atoms with van der Waals surface area (Å²) in [6.07, 6.45) is 1.00. The van der Waals surface area contributed by atoms with E-state index in [0.717, 1.165) is 30.2 Å². The zero-order valence-corrected chi connectivity index (χ0v) is 15.7. The van der Waals surface area contributed by atoms with E-state index in [1.807, 2.05) is 35.6 Å². The summed E-state index contributed by atoms with van der Waals surface area (Å²) < 4.78 is 6.68. The van der Waals surface area contributed by atoms with Crippen LogP contribution < -0.4 is 15.4 Å². The number of hydrogen-bond acceptors (Lipinski definition) is 3. The number of thiophene rings is 1. The first kappa shape index (κ1) is 17.1. The Labute approximate surface area is 149 Å². The van der Waals surface area contributed by atoms with Gasteiger partial charge in [0, 0.05) is 30.6 Å². The molecule has 0 bridgehead atoms. The minimum atomic E-state index is 0.681. The van der Waals surface area contributed by atoms with Crippen LogP contribution in [0.3, 0.4) is 0 Å². The number of methoxy groups -OCH3 is 1. The lowest BCUT2D eigenvalue weighted by atomic mass is 10.2. The average molecular weight is 429 g/mol. The second kappa shape index (κ2) is 8.99. The minimum Gasteiger partial charge on any atom is -0.496 e. The molecule has 1 aromatic carbocycles. The predicted molar refractivity (Wildman–Crippen MR) is 102 cm³/mol. The molecule has 22 heavy (non-hydrogen) atoms. The van der Waals surface area contributed by atoms with Gasteiger partial charge in [0.15, 0.2) is 5.96 Å². The number of rotatable bonds is 6. The van der Waals surface area contributed by atoms with Crippen molar-refractivity contribution < 1.29 is 4.74 Å². The van der Waals surface area contributed by atoms with Gasteiger partial charge in [0.25, 0.3) is 0 Å². The Morgan fingerprint density at radius 3 is 2.73 bits per heavy atom. The first-order valence-corrected chi connectivity index (χ1v) is 8.93. The molecule has 118 valence electrons. The summed E-state index contributed by atoms with van der Waals surface area (Å²) in [5.41, 5.74) is 1.11. The van der Waals surface area contributed by atoms with Crippen LogP contribution >= 0.6 is 33.9 Å². The third-order valence-corrected chi connectivity index (χ3v) is 5.11. The molecule has 2 N–H and O–H groups in total. The Morgan fingerprint density at radius 1 is 1.23 bits per heavy atom. The highest BCUT2D eigenvalue weighted by molar-refractivity contribution is 14.1. The van der Waals surface area contributed by atoms with Gasteiger partial charge >= 0.3 is 0 Å². The number of para-hydroxylation sites is 1. The number of guanidine groups is 1. The fraction of sp³-hybridized carbons (Fsp3) is 0.312. The molecule has 2 aromatic rings. The standard InChI is InChI=1S/C16H20IN3OS/c1-18-16(19-10-9-13-7-8-15(17)22-13)20-11-12-5-3-4-6-14(12)21-2/h3-8H,9-11H2,1-2H3,(H2,18,19,20). The average Bonchev–Trinajstić information content (AvgIpc) is 2.96. The van der Waals surface area contributed by atoms with Gasteiger partial charge < -0.3 is 15.4 Å². The number of hydrogen-bond donors (Lipinski definition) is 2. The van der Waals surface area contributed by atoms with Gasteiger partial charge in [-0.3, -0.25) is 4.99 Å². The molecule has 4 nitrogen and oxygen atoms in total. The van der Waals surface area contributed by atoms with Crippen LogP contribution in [0, 0.1) is 2.88 Å². The fourth-order valence-corrected chi connectivity index (χ4v) is 3.79. The molecule has 0 spiro atoms. The monoisotopic (exact) mass is 429 g/mol. The fourth-order valence-electron chi connectivity index (χ4n) is 2.04. The highest BCUT2D eigenvalue weighted by Gasteiger charge is 2.03. The van der Waals surface area contributed by atoms with Crippen LogP contribution in [0.2, 0.25) is 0 Å². The van der Waals surface area contributed by atoms with Gasteiger partial charge in [-0.1, -0.05) is 18.2 Å². The van der Waals surface area contributed by atoms with E-state index in [2.05, 4.69) is 50.3 Å². The number of aliphatic imine (C=N–C) groups is 1. The van der Waals surface area contributed by atoms with Gasteiger partial charge in [-0.15, -0.1) is 11.3 Å². The maximum atomic E-state index is 5.35. The van der Waals surface area contributed by atoms with E-state index in [0.29, 0.717) is 6.54 Å². The van der Waals surface area contributed by atoms with Gasteiger partial charge in [0.05, 0.1) is 9.99 Å². The van der Waals surface area contributed by atoms with Crippen molar-refractivity contribution in [2.45, 2.75) is 13.0 Å². The Balaban J connectivity index is 1.80. The maximum absolute atomic E-state index is 5.35. The van der Waals surface area contributed by atoms with E-state index >= 15 is 0 Å². The van der Waals surface area contributed by atoms with Crippen molar-refractivity contribution in [1.82, 2.24) is 10.6 Å². The normalized spacial score (nSPS) is 11.3. The molecule has 0 aliphatic heterocycles. The second-order valence-electron chi connectivity index (χ2n) is 4.62. The molecule has 0 atom stereocenters. The molecule has 6 heteroatoms. The molecule has 0 radical (unpaired) electrons. The lowest BCUT2D eigenvalue weighted by Gasteiger charge is -2.13. The number of ether oxygens (including phenoxy) is 1. The van der Waals surface area contributed by atoms with Gasteiger partial charge in [-0.05, 0) is 47.2 Å². The summed E-state index contributed by atoms with van der Waals surface area (Å²) in [5.74, 6) is 1.69. The van der Waals surface area contributed by atoms with Crippen molar-refractivity contribution in [1.29, 1.82) is 0 Å². The van der Waals surface area contributed by atoms with Crippen molar-refractivity contribution in [3.05, 3.63) is 49.7 Å². The van der Waals surface area contributed by atoms with Crippen molar-refractivity contribution >= 4 is 39.9 Å². The summed E-state index contributed by atoms with van der Waals surface area (Å²) in [5, 5.41) is 6.65. The van der Waals surface area contributed by atoms with Crippen molar-refractivity contribution in [3.63, 3.8) is 0 Å². The Kier molecular flexibility index (Phi) is 6.98. The van der Waals surface area contributed by atoms with E-state index in [9.17, 15) is 0 Å². The summed E-state index contributed by atoms with van der Waals surface area (Å²) >= 11 is 4.18. The second-order valence-corrected chi connectivity index (χ2v) is 7.68. The molecule has 0 saturated heterocycles. The van der Waals surface area contributed by atoms with Gasteiger partial charge in [0.1, 0.15) is 5.75 Å². The molecule has 0 fully saturated rings. The quantitative estimate of drug-likeness (QED) is 0.421. The lowest BCUT2D eigenvalue weighted by Crippen LogP contribution is -2.37. The maximum Gasteiger partial charge on any atom is 0.191 e. The number of nitrogens with zero attached hydrogens (tertiary/aromatic N) is 1. The van der Waals surface area contributed by atoms with Crippen LogP contribution in [0.1, 0.15) is 10.4 Å². The molecule has 0 aliphatic rings. The van der Waals surface area contributed by atoms with E-state index in [1.54, 1.807) is 14.2 Å². The zero-order valence-electron chi connectivity index (χ0n) is 12.7. The Morgan fingerprint density at radius 2 is 2.05 bits per heavy atom. The predicted octanol–water partition coefficient (Wildman–Crippen LogP) is 3.27. The highest BCUT2D eigenvalue weighted by atomic mass is 127. The Bertz CT molecular complexity index is 627. The molecule has 0 unspecified atom stereocenters. The molecule has 0 amide bonds. The number of benzene rings is 1. The summed E-state index contributed by atoms with van der Waals surface area (Å²) in [6.45, 7) is 1.54. The van der Waals surface area contributed by atoms with Crippen LogP contribution in [0.5, 0.6) is 5.75 Å². The van der Waals surface area contributed by atoms with Crippen LogP contribution in [0.25, 0.3) is 0 Å². The first-order valence-electron chi connectivity index (χ1n) is 7.03. The molecule has 1 heterocycles. The molecular weight excluding hydrogens is 409 g/mol. The van der Waals surface area contributed by atoms with Crippen molar-refractivity contribution in [2.75, 3.05) is 20.7 Å². The molecule has 0 saturated carbocycles. The summed E-state index contributed by atoms with van der Waals surface area (Å²) in [7, 11) is 3.47. The van der Waals surface area contributed by atoms with Crippen LogP contribution in [-0.2, 0) is 13.0 Å². The SMILES string of the molecule is CN=C(NCCc1ccc(I)s1)NCc1ccccc1OC. The van der Waals surface area contributed by atoms with Gasteiger partial charge in [-0.25, -0.2) is 0 Å². The van der Waals surface area contributed by atoms with Crippen LogP contribution in [0.15, 0.2) is 41.4 Å². The third-order valence-electron chi connectivity index (χ3n) is 3.16. The third kappa shape index (κ3) is 5.17. The van der Waals surface area contributed by atoms with Gasteiger partial charge in [0.2, 0.25) is 0 Å². The van der Waals surface area contributed by atoms with Gasteiger partial charge in [-0.2, -0.15) is 0 Å². The molecule has 2 rings (SSSR count). The van der Waals surface area contributed by atoms with E-state index in [1.165, 1.54) is 7.76 Å². The van der Waals surface area contributed by atoms with Crippen molar-refractivity contribution in [3.8, 4) is 5.75 Å². The zero-order chi connectivity index (χ0) is 15.8. The molecular formula is C16H20IN3OS. The van der Waals surface area contributed by atoms with Crippen molar-refractivity contribution in [2.24, 2.45) is 4.99 Å². The highest BCUT2D eigenvalue weighted by Crippen LogP contribution is 2.18. The van der Waals surface area contributed by atoms with Crippen LogP contribution in [-0.4, -0.2) is 26.7 Å². The summed E-state index contributed by atoms with van der Waals surface area (Å²) in [6, 6.07) is 12.3. The number of nitrogens with one attached hydrogen (secondary N) is 2. The topological polar surface area (TPSA) is 45.7 Å². The van der Waals surface area contributed by atoms with E-state index in [-0.39, 0.29) is 0 Å². The van der Waals surface area contributed by atoms with Crippen LogP contribution in [0.4, 0.5) is 0 Å². The first-order chi connectivity index (χ1) is 10.7. The summed E-state index contributed by atoms with van der Waals surface area (Å²) in [4.78, 5) is 5.64. The van der Waals surface area contributed by atoms with E-state index < -0.39 is 0 Å².